The van der Waals surface area contributed by atoms with E-state index in [-0.39, 0.29) is 25.7 Å². The fourth-order valence-corrected chi connectivity index (χ4v) is 11.6. The van der Waals surface area contributed by atoms with Crippen LogP contribution in [0, 0.1) is 0 Å². The third-order valence-electron chi connectivity index (χ3n) is 16.0. The number of aliphatic hydroxyl groups is 1. The van der Waals surface area contributed by atoms with E-state index < -0.39 is 97.5 Å². The second-order valence-electron chi connectivity index (χ2n) is 26.2. The van der Waals surface area contributed by atoms with Crippen LogP contribution in [0.2, 0.25) is 0 Å². The molecule has 0 bridgehead atoms. The van der Waals surface area contributed by atoms with Crippen molar-refractivity contribution in [1.29, 1.82) is 0 Å². The van der Waals surface area contributed by atoms with Gasteiger partial charge in [-0.1, -0.05) is 280 Å². The highest BCUT2D eigenvalue weighted by Crippen LogP contribution is 2.45. The minimum atomic E-state index is -5.01. The third-order valence-corrected chi connectivity index (χ3v) is 17.9. The lowest BCUT2D eigenvalue weighted by molar-refractivity contribution is -0.161. The molecule has 5 atom stereocenters. The van der Waals surface area contributed by atoms with Crippen LogP contribution in [0.4, 0.5) is 0 Å². The summed E-state index contributed by atoms with van der Waals surface area (Å²) >= 11 is 0. The zero-order valence-corrected chi connectivity index (χ0v) is 68.5. The molecule has 0 fully saturated rings. The summed E-state index contributed by atoms with van der Waals surface area (Å²) in [5.74, 6) is -2.32. The highest BCUT2D eigenvalue weighted by molar-refractivity contribution is 7.47. The van der Waals surface area contributed by atoms with Crippen molar-refractivity contribution in [1.82, 2.24) is 0 Å². The molecule has 0 saturated heterocycles. The van der Waals surface area contributed by atoms with E-state index in [9.17, 15) is 43.2 Å². The van der Waals surface area contributed by atoms with E-state index in [1.165, 1.54) is 0 Å². The van der Waals surface area contributed by atoms with E-state index in [0.717, 1.165) is 199 Å². The number of aliphatic hydroxyl groups excluding tert-OH is 1. The lowest BCUT2D eigenvalue weighted by Gasteiger charge is -2.21. The van der Waals surface area contributed by atoms with Crippen LogP contribution >= 0.6 is 15.6 Å². The molecule has 0 saturated carbocycles. The number of carbonyl (C=O) groups excluding carboxylic acids is 4. The molecular weight excluding hydrogens is 1400 g/mol. The van der Waals surface area contributed by atoms with Crippen molar-refractivity contribution in [2.75, 3.05) is 39.6 Å². The van der Waals surface area contributed by atoms with Crippen LogP contribution in [0.5, 0.6) is 0 Å². The Morgan fingerprint density at radius 1 is 0.259 bits per heavy atom. The second-order valence-corrected chi connectivity index (χ2v) is 29.1. The molecule has 0 aliphatic carbocycles. The predicted molar refractivity (Wildman–Crippen MR) is 445 cm³/mol. The molecule has 0 heterocycles. The van der Waals surface area contributed by atoms with Gasteiger partial charge < -0.3 is 33.8 Å². The Hall–Kier alpha value is -6.10. The lowest BCUT2D eigenvalue weighted by Crippen LogP contribution is -2.30. The molecule has 19 heteroatoms. The summed E-state index contributed by atoms with van der Waals surface area (Å²) in [5.41, 5.74) is 0. The standard InChI is InChI=1S/C89H142O17P2/c1-5-9-13-17-21-25-29-33-37-40-41-44-47-50-54-58-62-66-70-74-87(92)100-80-85(106-89(94)76-72-68-64-60-56-52-48-43-39-35-31-27-23-19-15-11-7-3)82-104-108(97,98)102-78-83(90)77-101-107(95,96)103-81-84(105-88(93)75-71-67-63-59-55-51-45-36-32-28-24-20-16-12-8-4)79-99-86(91)73-69-65-61-57-53-49-46-42-38-34-30-26-22-18-14-10-6-2/h9-16,21-28,33-39,41,44-46,48-49,52,60,64,83-85,90H,5-8,17-20,29-32,40,42-43,47,50-51,53-59,61-63,65-82H2,1-4H3,(H,95,96)(H,97,98)/b13-9-,14-10-,15-11-,16-12-,25-21-,26-22-,27-23-,28-24-,37-33-,38-34-,39-35-,44-41-,45-36-,49-46-,52-48-,64-60-. The topological polar surface area (TPSA) is 237 Å². The normalized spacial score (nSPS) is 14.8. The van der Waals surface area contributed by atoms with E-state index in [0.29, 0.717) is 32.1 Å². The van der Waals surface area contributed by atoms with Crippen molar-refractivity contribution in [3.8, 4) is 0 Å². The van der Waals surface area contributed by atoms with Crippen LogP contribution in [0.15, 0.2) is 194 Å². The Balaban J connectivity index is 5.49. The highest BCUT2D eigenvalue weighted by Gasteiger charge is 2.30. The third kappa shape index (κ3) is 78.0. The Bertz CT molecular complexity index is 2810. The molecule has 0 radical (unpaired) electrons. The van der Waals surface area contributed by atoms with Gasteiger partial charge in [0, 0.05) is 25.7 Å². The maximum absolute atomic E-state index is 13.1. The monoisotopic (exact) mass is 1540 g/mol. The van der Waals surface area contributed by atoms with Crippen LogP contribution in [-0.4, -0.2) is 96.7 Å². The lowest BCUT2D eigenvalue weighted by atomic mass is 10.1. The molecule has 0 aromatic heterocycles. The fourth-order valence-electron chi connectivity index (χ4n) is 10.0. The molecule has 0 aliphatic heterocycles. The first-order chi connectivity index (χ1) is 52.7. The smallest absolute Gasteiger partial charge is 0.462 e. The number of ether oxygens (including phenoxy) is 4. The van der Waals surface area contributed by atoms with E-state index in [1.54, 1.807) is 0 Å². The van der Waals surface area contributed by atoms with E-state index in [4.69, 9.17) is 37.0 Å². The van der Waals surface area contributed by atoms with Crippen molar-refractivity contribution >= 4 is 39.5 Å². The molecule has 108 heavy (non-hydrogen) atoms. The first-order valence-electron chi connectivity index (χ1n) is 40.7. The van der Waals surface area contributed by atoms with Gasteiger partial charge in [-0.2, -0.15) is 0 Å². The number of rotatable bonds is 74. The van der Waals surface area contributed by atoms with Crippen molar-refractivity contribution < 1.29 is 80.2 Å². The van der Waals surface area contributed by atoms with E-state index in [1.807, 2.05) is 12.2 Å². The number of phosphoric ester groups is 2. The molecule has 0 amide bonds. The minimum absolute atomic E-state index is 0.00466. The van der Waals surface area contributed by atoms with Gasteiger partial charge in [-0.05, 0) is 173 Å². The van der Waals surface area contributed by atoms with E-state index >= 15 is 0 Å². The van der Waals surface area contributed by atoms with Gasteiger partial charge in [-0.3, -0.25) is 37.3 Å². The van der Waals surface area contributed by atoms with Gasteiger partial charge in [-0.25, -0.2) is 9.13 Å². The second kappa shape index (κ2) is 79.0. The Labute approximate surface area is 653 Å². The molecule has 0 rings (SSSR count). The molecule has 3 N–H and O–H groups in total. The zero-order valence-electron chi connectivity index (χ0n) is 66.7. The Morgan fingerprint density at radius 3 is 0.731 bits per heavy atom. The molecule has 17 nitrogen and oxygen atoms in total. The SMILES string of the molecule is CC/C=C\C/C=C\C/C=C\C/C=C\C/C=C\CCCC(=O)OC(COC(=O)CCCCCCCC/C=C\C/C=C\C/C=C\C/C=C\CC)COP(=O)(O)OCC(O)COP(=O)(O)OCC(COC(=O)CCCCCC/C=C\C/C=C\C/C=C\C/C=C\CC)OC(=O)CCCCCCC/C=C\C/C=C\C/C=C\CC. The minimum Gasteiger partial charge on any atom is -0.462 e. The molecule has 5 unspecified atom stereocenters. The summed E-state index contributed by atoms with van der Waals surface area (Å²) < 4.78 is 68.6. The van der Waals surface area contributed by atoms with Gasteiger partial charge in [0.2, 0.25) is 0 Å². The van der Waals surface area contributed by atoms with Crippen LogP contribution in [0.3, 0.4) is 0 Å². The number of phosphoric acid groups is 2. The summed E-state index contributed by atoms with van der Waals surface area (Å²) in [6.45, 7) is 4.27. The number of esters is 4. The molecule has 0 spiro atoms. The molecule has 0 aromatic carbocycles. The van der Waals surface area contributed by atoms with Crippen molar-refractivity contribution in [2.24, 2.45) is 0 Å². The largest absolute Gasteiger partial charge is 0.472 e. The van der Waals surface area contributed by atoms with Gasteiger partial charge in [0.05, 0.1) is 26.4 Å². The quantitative estimate of drug-likeness (QED) is 0.0169. The molecule has 0 aromatic rings. The maximum atomic E-state index is 13.1. The Kier molecular flexibility index (Phi) is 74.5. The van der Waals surface area contributed by atoms with Crippen molar-refractivity contribution in [2.45, 2.75) is 303 Å². The molecular formula is C89H142O17P2. The van der Waals surface area contributed by atoms with E-state index in [2.05, 4.69) is 210 Å². The van der Waals surface area contributed by atoms with Crippen LogP contribution in [0.1, 0.15) is 285 Å². The first kappa shape index (κ1) is 102. The fraction of sp³-hybridized carbons (Fsp3) is 0.596. The highest BCUT2D eigenvalue weighted by atomic mass is 31.2. The average molecular weight is 1550 g/mol. The number of allylic oxidation sites excluding steroid dienone is 32. The first-order valence-corrected chi connectivity index (χ1v) is 43.7. The van der Waals surface area contributed by atoms with Crippen molar-refractivity contribution in [3.63, 3.8) is 0 Å². The summed E-state index contributed by atoms with van der Waals surface area (Å²) in [5, 5.41) is 10.7. The molecule has 0 aliphatic rings. The van der Waals surface area contributed by atoms with Crippen LogP contribution in [-0.2, 0) is 65.4 Å². The summed E-state index contributed by atoms with van der Waals surface area (Å²) in [6, 6.07) is 0. The van der Waals surface area contributed by atoms with Crippen LogP contribution in [0.25, 0.3) is 0 Å². The van der Waals surface area contributed by atoms with Crippen molar-refractivity contribution in [3.05, 3.63) is 194 Å². The number of hydrogen-bond acceptors (Lipinski definition) is 15. The van der Waals surface area contributed by atoms with Gasteiger partial charge in [0.1, 0.15) is 19.3 Å². The number of hydrogen-bond donors (Lipinski definition) is 3. The summed E-state index contributed by atoms with van der Waals surface area (Å²) in [6.07, 6.45) is 96.9. The van der Waals surface area contributed by atoms with Gasteiger partial charge in [0.25, 0.3) is 0 Å². The predicted octanol–water partition coefficient (Wildman–Crippen LogP) is 24.1. The van der Waals surface area contributed by atoms with Gasteiger partial charge in [0.15, 0.2) is 12.2 Å². The molecule has 610 valence electrons. The Morgan fingerprint density at radius 2 is 0.463 bits per heavy atom. The average Bonchev–Trinajstić information content (AvgIpc) is 0.900. The zero-order chi connectivity index (χ0) is 78.9. The van der Waals surface area contributed by atoms with Gasteiger partial charge >= 0.3 is 39.5 Å². The number of unbranched alkanes of at least 4 members (excludes halogenated alkanes) is 16. The van der Waals surface area contributed by atoms with Crippen LogP contribution < -0.4 is 0 Å². The summed E-state index contributed by atoms with van der Waals surface area (Å²) in [4.78, 5) is 73.1. The summed E-state index contributed by atoms with van der Waals surface area (Å²) in [7, 11) is -10.0. The van der Waals surface area contributed by atoms with Gasteiger partial charge in [-0.15, -0.1) is 0 Å². The number of carbonyl (C=O) groups is 4. The maximum Gasteiger partial charge on any atom is 0.472 e.